The number of nitrogens with two attached hydrogens (primary N) is 1. The lowest BCUT2D eigenvalue weighted by atomic mass is 10.2. The molecule has 1 fully saturated rings. The highest BCUT2D eigenvalue weighted by Gasteiger charge is 2.44. The Hall–Kier alpha value is -0.950. The van der Waals surface area contributed by atoms with Gasteiger partial charge in [-0.15, -0.1) is 0 Å². The van der Waals surface area contributed by atoms with Crippen LogP contribution in [-0.2, 0) is 36.3 Å². The van der Waals surface area contributed by atoms with Crippen molar-refractivity contribution in [1.29, 1.82) is 0 Å². The molecule has 6 N–H and O–H groups in total. The molecule has 0 saturated carbocycles. The maximum Gasteiger partial charge on any atom is 0.490 e. The van der Waals surface area contributed by atoms with Crippen LogP contribution in [0.25, 0.3) is 10.4 Å². The Bertz CT molecular complexity index is 1110. The van der Waals surface area contributed by atoms with Crippen LogP contribution in [0.15, 0.2) is 22.2 Å². The third-order valence-corrected chi connectivity index (χ3v) is 7.93. The predicted molar refractivity (Wildman–Crippen MR) is 113 cm³/mol. The lowest BCUT2D eigenvalue weighted by Crippen LogP contribution is -2.30. The number of alkyl halides is 1. The van der Waals surface area contributed by atoms with Gasteiger partial charge in [0.05, 0.1) is 12.7 Å². The summed E-state index contributed by atoms with van der Waals surface area (Å²) in [5.74, 6) is -0.0538. The number of hydrogen-bond acceptors (Lipinski definition) is 12. The van der Waals surface area contributed by atoms with Crippen LogP contribution >= 0.6 is 46.1 Å². The molecule has 1 aromatic heterocycles. The van der Waals surface area contributed by atoms with Crippen LogP contribution < -0.4 is 11.4 Å². The zero-order valence-electron chi connectivity index (χ0n) is 15.9. The third kappa shape index (κ3) is 9.31. The first-order chi connectivity index (χ1) is 15.1. The number of nitrogens with zero attached hydrogens (tertiary/aromatic N) is 5. The average molecular weight is 648 g/mol. The van der Waals surface area contributed by atoms with Gasteiger partial charge < -0.3 is 34.8 Å². The van der Waals surface area contributed by atoms with Crippen molar-refractivity contribution < 1.29 is 55.9 Å². The van der Waals surface area contributed by atoms with Crippen molar-refractivity contribution in [2.24, 2.45) is 5.11 Å². The molecular formula is C10H16IN6O13P3. The summed E-state index contributed by atoms with van der Waals surface area (Å²) in [6.45, 7) is -0.846. The quantitative estimate of drug-likeness (QED) is 0.0423. The fourth-order valence-corrected chi connectivity index (χ4v) is 6.01. The predicted octanol–water partition coefficient (Wildman–Crippen LogP) is 0.870. The zero-order chi connectivity index (χ0) is 25.0. The number of halogens is 1. The number of anilines is 1. The normalized spacial score (nSPS) is 25.5. The summed E-state index contributed by atoms with van der Waals surface area (Å²) >= 11 is 1.62. The fraction of sp³-hybridized carbons (Fsp3) is 0.600. The molecular weight excluding hydrogens is 632 g/mol. The van der Waals surface area contributed by atoms with Crippen molar-refractivity contribution in [3.63, 3.8) is 0 Å². The first-order valence-electron chi connectivity index (χ1n) is 8.23. The number of nitrogen functional groups attached to an aromatic ring is 1. The Kier molecular flexibility index (Phi) is 9.59. The largest absolute Gasteiger partial charge is 0.490 e. The number of ether oxygens (including phenoxy) is 2. The molecule has 0 aromatic carbocycles. The van der Waals surface area contributed by atoms with E-state index >= 15 is 0 Å². The molecule has 186 valence electrons. The standard InChI is InChI=1S/C10H16IN6O13P3/c11-9(15-16-13)28-5-3-8(17-2-1-7(12)14-10(17)18)27-6(5)4-26-32(22,23)30-33(24,25)29-31(19,20)21/h1-2,5-6,8-9H,3-4H2,(H,22,23)(H,24,25)(H2,12,14,18)(H2,19,20,21)/t5-,6?,8-,9-/m1/s1. The Morgan fingerprint density at radius 1 is 1.33 bits per heavy atom. The number of rotatable bonds is 11. The van der Waals surface area contributed by atoms with E-state index in [1.54, 1.807) is 22.6 Å². The van der Waals surface area contributed by atoms with Crippen LogP contribution in [0.4, 0.5) is 5.82 Å². The smallest absolute Gasteiger partial charge is 0.383 e. The van der Waals surface area contributed by atoms with E-state index in [2.05, 4.69) is 28.2 Å². The summed E-state index contributed by atoms with van der Waals surface area (Å²) in [4.78, 5) is 54.1. The first kappa shape index (κ1) is 28.3. The fourth-order valence-electron chi connectivity index (χ4n) is 2.49. The van der Waals surface area contributed by atoms with Gasteiger partial charge in [0.2, 0.25) is 0 Å². The molecule has 0 aliphatic carbocycles. The van der Waals surface area contributed by atoms with E-state index in [4.69, 9.17) is 30.5 Å². The van der Waals surface area contributed by atoms with E-state index in [9.17, 15) is 28.3 Å². The Morgan fingerprint density at radius 3 is 2.58 bits per heavy atom. The SMILES string of the molecule is [N-]=[N+]=N[C@@H](I)O[C@@H]1C[C@H](n2ccc(N)nc2=O)OC1COP(=O)(O)OP(=O)(O)OP(=O)(O)O. The van der Waals surface area contributed by atoms with Crippen molar-refractivity contribution in [3.05, 3.63) is 33.2 Å². The molecule has 1 aromatic rings. The molecule has 6 atom stereocenters. The second-order valence-electron chi connectivity index (χ2n) is 5.97. The third-order valence-electron chi connectivity index (χ3n) is 3.59. The van der Waals surface area contributed by atoms with E-state index in [0.717, 1.165) is 4.57 Å². The molecule has 1 aliphatic heterocycles. The molecule has 0 spiro atoms. The Balaban J connectivity index is 2.15. The van der Waals surface area contributed by atoms with Gasteiger partial charge in [0.1, 0.15) is 18.1 Å². The lowest BCUT2D eigenvalue weighted by Gasteiger charge is -2.21. The van der Waals surface area contributed by atoms with Gasteiger partial charge in [0.15, 0.2) is 4.23 Å². The van der Waals surface area contributed by atoms with Gasteiger partial charge in [0.25, 0.3) is 0 Å². The summed E-state index contributed by atoms with van der Waals surface area (Å²) < 4.78 is 56.9. The second kappa shape index (κ2) is 11.2. The molecule has 23 heteroatoms. The van der Waals surface area contributed by atoms with Gasteiger partial charge in [0, 0.05) is 17.5 Å². The Morgan fingerprint density at radius 2 is 2.00 bits per heavy atom. The minimum Gasteiger partial charge on any atom is -0.383 e. The maximum atomic E-state index is 12.1. The van der Waals surface area contributed by atoms with Crippen molar-refractivity contribution in [2.45, 2.75) is 29.1 Å². The van der Waals surface area contributed by atoms with Crippen LogP contribution in [0.3, 0.4) is 0 Å². The van der Waals surface area contributed by atoms with Crippen molar-refractivity contribution >= 4 is 51.9 Å². The maximum absolute atomic E-state index is 12.1. The summed E-state index contributed by atoms with van der Waals surface area (Å²) in [6.07, 6.45) is -2.04. The zero-order valence-corrected chi connectivity index (χ0v) is 20.7. The number of aromatic nitrogens is 2. The first-order valence-corrected chi connectivity index (χ1v) is 14.0. The van der Waals surface area contributed by atoms with Gasteiger partial charge in [-0.05, 0) is 34.2 Å². The van der Waals surface area contributed by atoms with Crippen LogP contribution in [0.1, 0.15) is 12.6 Å². The summed E-state index contributed by atoms with van der Waals surface area (Å²) in [5.41, 5.74) is 13.2. The topological polar surface area (TPSA) is 288 Å². The molecule has 2 rings (SSSR count). The van der Waals surface area contributed by atoms with E-state index in [-0.39, 0.29) is 12.2 Å². The van der Waals surface area contributed by atoms with Crippen LogP contribution in [-0.4, -0.2) is 52.2 Å². The van der Waals surface area contributed by atoms with Crippen molar-refractivity contribution in [1.82, 2.24) is 9.55 Å². The number of phosphoric acid groups is 3. The van der Waals surface area contributed by atoms with Gasteiger partial charge in [-0.2, -0.15) is 13.6 Å². The minimum absolute atomic E-state index is 0.0538. The monoisotopic (exact) mass is 648 g/mol. The van der Waals surface area contributed by atoms with E-state index in [0.29, 0.717) is 0 Å². The van der Waals surface area contributed by atoms with Gasteiger partial charge in [-0.25, -0.2) is 18.5 Å². The van der Waals surface area contributed by atoms with Gasteiger partial charge >= 0.3 is 29.2 Å². The highest BCUT2D eigenvalue weighted by molar-refractivity contribution is 14.1. The second-order valence-corrected chi connectivity index (χ2v) is 11.5. The average Bonchev–Trinajstić information content (AvgIpc) is 2.99. The van der Waals surface area contributed by atoms with E-state index in [1.807, 2.05) is 0 Å². The number of azide groups is 1. The Labute approximate surface area is 197 Å². The number of phosphoric ester groups is 1. The molecule has 0 radical (unpaired) electrons. The van der Waals surface area contributed by atoms with Gasteiger partial charge in [-0.1, -0.05) is 5.11 Å². The van der Waals surface area contributed by atoms with Crippen LogP contribution in [0.2, 0.25) is 0 Å². The summed E-state index contributed by atoms with van der Waals surface area (Å²) in [5, 5.41) is 3.30. The number of hydrogen-bond donors (Lipinski definition) is 5. The molecule has 33 heavy (non-hydrogen) atoms. The van der Waals surface area contributed by atoms with Crippen LogP contribution in [0, 0.1) is 0 Å². The lowest BCUT2D eigenvalue weighted by molar-refractivity contribution is -0.0626. The molecule has 0 bridgehead atoms. The van der Waals surface area contributed by atoms with Crippen molar-refractivity contribution in [3.8, 4) is 0 Å². The summed E-state index contributed by atoms with van der Waals surface area (Å²) in [7, 11) is -16.7. The molecule has 0 amide bonds. The van der Waals surface area contributed by atoms with Gasteiger partial charge in [-0.3, -0.25) is 9.09 Å². The summed E-state index contributed by atoms with van der Waals surface area (Å²) in [6, 6.07) is 1.31. The van der Waals surface area contributed by atoms with Crippen LogP contribution in [0.5, 0.6) is 0 Å². The minimum atomic E-state index is -5.71. The molecule has 1 aliphatic rings. The highest BCUT2D eigenvalue weighted by atomic mass is 127. The molecule has 2 heterocycles. The highest BCUT2D eigenvalue weighted by Crippen LogP contribution is 2.66. The van der Waals surface area contributed by atoms with E-state index in [1.165, 1.54) is 12.3 Å². The molecule has 19 nitrogen and oxygen atoms in total. The molecule has 1 saturated heterocycles. The van der Waals surface area contributed by atoms with Crippen molar-refractivity contribution in [2.75, 3.05) is 12.3 Å². The molecule has 3 unspecified atom stereocenters. The van der Waals surface area contributed by atoms with E-state index < -0.39 is 58.4 Å².